The summed E-state index contributed by atoms with van der Waals surface area (Å²) in [4.78, 5) is 29.2. The van der Waals surface area contributed by atoms with Crippen LogP contribution in [0.1, 0.15) is 32.6 Å². The summed E-state index contributed by atoms with van der Waals surface area (Å²) in [5.41, 5.74) is 0.755. The van der Waals surface area contributed by atoms with Crippen molar-refractivity contribution in [2.75, 3.05) is 31.2 Å². The number of carbonyl (C=O) groups is 2. The molecule has 2 atom stereocenters. The molecule has 2 unspecified atom stereocenters. The molecule has 26 heavy (non-hydrogen) atoms. The van der Waals surface area contributed by atoms with Gasteiger partial charge in [0.05, 0.1) is 12.3 Å². The molecule has 2 heterocycles. The predicted octanol–water partition coefficient (Wildman–Crippen LogP) is 2.22. The summed E-state index contributed by atoms with van der Waals surface area (Å²) in [6, 6.07) is 7.90. The van der Waals surface area contributed by atoms with Crippen LogP contribution in [0.3, 0.4) is 0 Å². The Morgan fingerprint density at radius 3 is 2.81 bits per heavy atom. The lowest BCUT2D eigenvalue weighted by molar-refractivity contribution is -0.132. The molecule has 0 N–H and O–H groups in total. The zero-order valence-electron chi connectivity index (χ0n) is 15.2. The van der Waals surface area contributed by atoms with Gasteiger partial charge < -0.3 is 19.3 Å². The highest BCUT2D eigenvalue weighted by Gasteiger charge is 2.36. The summed E-state index contributed by atoms with van der Waals surface area (Å²) in [7, 11) is 0. The van der Waals surface area contributed by atoms with E-state index in [9.17, 15) is 9.59 Å². The highest BCUT2D eigenvalue weighted by molar-refractivity contribution is 6.00. The van der Waals surface area contributed by atoms with Gasteiger partial charge in [-0.05, 0) is 38.3 Å². The molecule has 0 aromatic heterocycles. The highest BCUT2D eigenvalue weighted by Crippen LogP contribution is 2.34. The largest absolute Gasteiger partial charge is 0.479 e. The van der Waals surface area contributed by atoms with Gasteiger partial charge in [0.15, 0.2) is 6.10 Å². The first kappa shape index (κ1) is 17.3. The topological polar surface area (TPSA) is 59.1 Å². The SMILES string of the molecule is CC1Oc2ccccc2N(CCC(=O)N(CC2CCOC2)C2CC2)C1=O. The van der Waals surface area contributed by atoms with E-state index in [1.165, 1.54) is 0 Å². The van der Waals surface area contributed by atoms with Crippen molar-refractivity contribution < 1.29 is 19.1 Å². The van der Waals surface area contributed by atoms with Gasteiger partial charge in [-0.1, -0.05) is 12.1 Å². The van der Waals surface area contributed by atoms with Crippen molar-refractivity contribution in [3.8, 4) is 5.75 Å². The second-order valence-electron chi connectivity index (χ2n) is 7.47. The van der Waals surface area contributed by atoms with Crippen LogP contribution in [-0.2, 0) is 14.3 Å². The van der Waals surface area contributed by atoms with Crippen LogP contribution in [0.15, 0.2) is 24.3 Å². The van der Waals surface area contributed by atoms with E-state index in [-0.39, 0.29) is 11.8 Å². The summed E-state index contributed by atoms with van der Waals surface area (Å²) in [6.45, 7) is 4.49. The first-order valence-corrected chi connectivity index (χ1v) is 9.58. The van der Waals surface area contributed by atoms with Crippen molar-refractivity contribution in [3.05, 3.63) is 24.3 Å². The van der Waals surface area contributed by atoms with Crippen molar-refractivity contribution in [1.29, 1.82) is 0 Å². The molecule has 0 bridgehead atoms. The van der Waals surface area contributed by atoms with E-state index in [1.54, 1.807) is 11.8 Å². The number of benzene rings is 1. The lowest BCUT2D eigenvalue weighted by atomic mass is 10.1. The van der Waals surface area contributed by atoms with Gasteiger partial charge in [-0.15, -0.1) is 0 Å². The van der Waals surface area contributed by atoms with E-state index in [0.717, 1.165) is 44.7 Å². The minimum Gasteiger partial charge on any atom is -0.479 e. The molecule has 2 fully saturated rings. The maximum Gasteiger partial charge on any atom is 0.267 e. The molecule has 2 aliphatic heterocycles. The molecule has 0 radical (unpaired) electrons. The Labute approximate surface area is 154 Å². The number of ether oxygens (including phenoxy) is 2. The normalized spacial score (nSPS) is 25.0. The summed E-state index contributed by atoms with van der Waals surface area (Å²) >= 11 is 0. The van der Waals surface area contributed by atoms with Crippen LogP contribution in [0.4, 0.5) is 5.69 Å². The molecule has 2 amide bonds. The van der Waals surface area contributed by atoms with Gasteiger partial charge >= 0.3 is 0 Å². The Balaban J connectivity index is 1.42. The molecule has 1 saturated heterocycles. The Kier molecular flexibility index (Phi) is 4.85. The van der Waals surface area contributed by atoms with E-state index >= 15 is 0 Å². The molecule has 4 rings (SSSR count). The first-order valence-electron chi connectivity index (χ1n) is 9.58. The van der Waals surface area contributed by atoms with Crippen LogP contribution in [0.25, 0.3) is 0 Å². The molecular weight excluding hydrogens is 332 g/mol. The molecule has 1 saturated carbocycles. The summed E-state index contributed by atoms with van der Waals surface area (Å²) < 4.78 is 11.1. The fraction of sp³-hybridized carbons (Fsp3) is 0.600. The predicted molar refractivity (Wildman–Crippen MR) is 97.2 cm³/mol. The van der Waals surface area contributed by atoms with Crippen molar-refractivity contribution in [2.24, 2.45) is 5.92 Å². The summed E-state index contributed by atoms with van der Waals surface area (Å²) in [5, 5.41) is 0. The van der Waals surface area contributed by atoms with Crippen LogP contribution in [0.5, 0.6) is 5.75 Å². The fourth-order valence-corrected chi connectivity index (χ4v) is 3.79. The van der Waals surface area contributed by atoms with Crippen molar-refractivity contribution in [3.63, 3.8) is 0 Å². The molecule has 1 aliphatic carbocycles. The van der Waals surface area contributed by atoms with Crippen LogP contribution >= 0.6 is 0 Å². The number of amides is 2. The molecular formula is C20H26N2O4. The lowest BCUT2D eigenvalue weighted by Gasteiger charge is -2.33. The zero-order valence-corrected chi connectivity index (χ0v) is 15.2. The van der Waals surface area contributed by atoms with Crippen molar-refractivity contribution in [1.82, 2.24) is 4.90 Å². The average Bonchev–Trinajstić information content (AvgIpc) is 3.35. The molecule has 0 spiro atoms. The molecule has 6 nitrogen and oxygen atoms in total. The monoisotopic (exact) mass is 358 g/mol. The second kappa shape index (κ2) is 7.27. The van der Waals surface area contributed by atoms with Gasteiger partial charge in [0.25, 0.3) is 5.91 Å². The number of anilines is 1. The molecule has 3 aliphatic rings. The van der Waals surface area contributed by atoms with Crippen molar-refractivity contribution in [2.45, 2.75) is 44.8 Å². The molecule has 1 aromatic carbocycles. The molecule has 1 aromatic rings. The van der Waals surface area contributed by atoms with Gasteiger partial charge in [0.2, 0.25) is 5.91 Å². The van der Waals surface area contributed by atoms with Crippen LogP contribution < -0.4 is 9.64 Å². The Bertz CT molecular complexity index is 682. The number of nitrogens with zero attached hydrogens (tertiary/aromatic N) is 2. The average molecular weight is 358 g/mol. The number of fused-ring (bicyclic) bond motifs is 1. The Hall–Kier alpha value is -2.08. The molecule has 6 heteroatoms. The summed E-state index contributed by atoms with van der Waals surface area (Å²) in [5.74, 6) is 1.21. The minimum absolute atomic E-state index is 0.0846. The maximum absolute atomic E-state index is 12.9. The van der Waals surface area contributed by atoms with Crippen LogP contribution in [-0.4, -0.2) is 55.2 Å². The smallest absolute Gasteiger partial charge is 0.267 e. The van der Waals surface area contributed by atoms with Gasteiger partial charge in [0.1, 0.15) is 5.75 Å². The Morgan fingerprint density at radius 1 is 1.27 bits per heavy atom. The number of hydrogen-bond acceptors (Lipinski definition) is 4. The zero-order chi connectivity index (χ0) is 18.1. The number of rotatable bonds is 6. The third-order valence-corrected chi connectivity index (χ3v) is 5.41. The first-order chi connectivity index (χ1) is 12.6. The number of para-hydroxylation sites is 2. The standard InChI is InChI=1S/C20H26N2O4/c1-14-20(24)21(17-4-2-3-5-18(17)26-14)10-8-19(23)22(16-6-7-16)12-15-9-11-25-13-15/h2-5,14-16H,6-13H2,1H3. The van der Waals surface area contributed by atoms with Crippen LogP contribution in [0.2, 0.25) is 0 Å². The van der Waals surface area contributed by atoms with E-state index < -0.39 is 6.10 Å². The number of carbonyl (C=O) groups excluding carboxylic acids is 2. The lowest BCUT2D eigenvalue weighted by Crippen LogP contribution is -2.46. The van der Waals surface area contributed by atoms with Gasteiger partial charge in [0, 0.05) is 38.1 Å². The maximum atomic E-state index is 12.9. The highest BCUT2D eigenvalue weighted by atomic mass is 16.5. The van der Waals surface area contributed by atoms with E-state index in [0.29, 0.717) is 30.7 Å². The number of hydrogen-bond donors (Lipinski definition) is 0. The minimum atomic E-state index is -0.518. The third-order valence-electron chi connectivity index (χ3n) is 5.41. The van der Waals surface area contributed by atoms with Gasteiger partial charge in [-0.2, -0.15) is 0 Å². The quantitative estimate of drug-likeness (QED) is 0.782. The Morgan fingerprint density at radius 2 is 2.08 bits per heavy atom. The van der Waals surface area contributed by atoms with Crippen molar-refractivity contribution >= 4 is 17.5 Å². The van der Waals surface area contributed by atoms with Gasteiger partial charge in [-0.25, -0.2) is 0 Å². The summed E-state index contributed by atoms with van der Waals surface area (Å²) in [6.07, 6.45) is 3.04. The second-order valence-corrected chi connectivity index (χ2v) is 7.47. The fourth-order valence-electron chi connectivity index (χ4n) is 3.79. The van der Waals surface area contributed by atoms with Gasteiger partial charge in [-0.3, -0.25) is 9.59 Å². The molecule has 140 valence electrons. The van der Waals surface area contributed by atoms with E-state index in [2.05, 4.69) is 0 Å². The van der Waals surface area contributed by atoms with Crippen LogP contribution in [0, 0.1) is 5.92 Å². The van der Waals surface area contributed by atoms with E-state index in [1.807, 2.05) is 29.2 Å². The third kappa shape index (κ3) is 3.56. The van der Waals surface area contributed by atoms with E-state index in [4.69, 9.17) is 9.47 Å².